The zero-order valence-electron chi connectivity index (χ0n) is 10.0. The number of nitrogens with two attached hydrogens (primary N) is 1. The van der Waals surface area contributed by atoms with Crippen LogP contribution in [-0.4, -0.2) is 34.3 Å². The molecule has 1 saturated heterocycles. The van der Waals surface area contributed by atoms with Crippen LogP contribution in [0.4, 0.5) is 19.1 Å². The fraction of sp³-hybridized carbons (Fsp3) is 0.800. The minimum Gasteiger partial charge on any atom is -0.340 e. The van der Waals surface area contributed by atoms with Crippen molar-refractivity contribution in [3.63, 3.8) is 0 Å². The van der Waals surface area contributed by atoms with Crippen LogP contribution in [0.25, 0.3) is 0 Å². The van der Waals surface area contributed by atoms with E-state index in [1.54, 1.807) is 4.90 Å². The summed E-state index contributed by atoms with van der Waals surface area (Å²) in [7, 11) is 0. The first kappa shape index (κ1) is 13.1. The predicted octanol–water partition coefficient (Wildman–Crippen LogP) is 1.39. The Morgan fingerprint density at radius 2 is 2.00 bits per heavy atom. The average molecular weight is 263 g/mol. The number of H-pyrrole nitrogens is 1. The summed E-state index contributed by atoms with van der Waals surface area (Å²) in [6.45, 7) is 3.23. The van der Waals surface area contributed by atoms with Crippen molar-refractivity contribution < 1.29 is 13.2 Å². The fourth-order valence-electron chi connectivity index (χ4n) is 2.15. The van der Waals surface area contributed by atoms with Crippen molar-refractivity contribution in [2.24, 2.45) is 11.7 Å². The van der Waals surface area contributed by atoms with Gasteiger partial charge in [-0.2, -0.15) is 18.2 Å². The summed E-state index contributed by atoms with van der Waals surface area (Å²) >= 11 is 0. The van der Waals surface area contributed by atoms with E-state index in [1.807, 2.05) is 12.0 Å². The summed E-state index contributed by atoms with van der Waals surface area (Å²) in [5.41, 5.74) is 5.81. The van der Waals surface area contributed by atoms with Gasteiger partial charge in [-0.05, 0) is 25.7 Å². The topological polar surface area (TPSA) is 70.8 Å². The number of piperidine rings is 1. The molecule has 0 aliphatic carbocycles. The molecule has 1 aromatic rings. The molecule has 0 radical (unpaired) electrons. The Morgan fingerprint density at radius 3 is 2.44 bits per heavy atom. The number of aromatic nitrogens is 3. The second-order valence-corrected chi connectivity index (χ2v) is 4.67. The van der Waals surface area contributed by atoms with Crippen LogP contribution in [0.3, 0.4) is 0 Å². The summed E-state index contributed by atoms with van der Waals surface area (Å²) in [5, 5.41) is 5.54. The lowest BCUT2D eigenvalue weighted by molar-refractivity contribution is -0.144. The number of hydrogen-bond donors (Lipinski definition) is 2. The second-order valence-electron chi connectivity index (χ2n) is 4.67. The van der Waals surface area contributed by atoms with Gasteiger partial charge in [0, 0.05) is 19.1 Å². The lowest BCUT2D eigenvalue weighted by atomic mass is 9.91. The van der Waals surface area contributed by atoms with Gasteiger partial charge in [0.2, 0.25) is 11.8 Å². The van der Waals surface area contributed by atoms with Crippen LogP contribution in [-0.2, 0) is 6.18 Å². The van der Waals surface area contributed by atoms with Gasteiger partial charge in [-0.3, -0.25) is 5.10 Å². The van der Waals surface area contributed by atoms with Gasteiger partial charge in [0.25, 0.3) is 0 Å². The molecule has 8 heteroatoms. The van der Waals surface area contributed by atoms with Gasteiger partial charge in [0.15, 0.2) is 0 Å². The molecule has 18 heavy (non-hydrogen) atoms. The van der Waals surface area contributed by atoms with Crippen molar-refractivity contribution in [3.8, 4) is 0 Å². The minimum absolute atomic E-state index is 0.116. The Labute approximate surface area is 103 Å². The first-order chi connectivity index (χ1) is 8.38. The molecule has 0 spiro atoms. The molecule has 1 fully saturated rings. The number of rotatable bonds is 2. The Morgan fingerprint density at radius 1 is 1.39 bits per heavy atom. The molecule has 0 aromatic carbocycles. The third-order valence-corrected chi connectivity index (χ3v) is 3.31. The largest absolute Gasteiger partial charge is 0.451 e. The molecular weight excluding hydrogens is 247 g/mol. The van der Waals surface area contributed by atoms with Gasteiger partial charge in [0.05, 0.1) is 0 Å². The SMILES string of the molecule is CC(N)C1CCN(c2n[nH]c(C(F)(F)F)n2)CC1. The van der Waals surface area contributed by atoms with Crippen molar-refractivity contribution in [3.05, 3.63) is 5.82 Å². The highest BCUT2D eigenvalue weighted by atomic mass is 19.4. The zero-order chi connectivity index (χ0) is 13.3. The van der Waals surface area contributed by atoms with E-state index >= 15 is 0 Å². The van der Waals surface area contributed by atoms with Gasteiger partial charge in [-0.1, -0.05) is 0 Å². The Hall–Kier alpha value is -1.31. The van der Waals surface area contributed by atoms with E-state index in [4.69, 9.17) is 5.73 Å². The average Bonchev–Trinajstić information content (AvgIpc) is 2.78. The van der Waals surface area contributed by atoms with E-state index in [1.165, 1.54) is 0 Å². The Kier molecular flexibility index (Phi) is 3.47. The van der Waals surface area contributed by atoms with Crippen LogP contribution < -0.4 is 10.6 Å². The van der Waals surface area contributed by atoms with Gasteiger partial charge < -0.3 is 10.6 Å². The monoisotopic (exact) mass is 263 g/mol. The maximum atomic E-state index is 12.4. The van der Waals surface area contributed by atoms with E-state index in [2.05, 4.69) is 10.1 Å². The summed E-state index contributed by atoms with van der Waals surface area (Å²) in [6.07, 6.45) is -2.77. The summed E-state index contributed by atoms with van der Waals surface area (Å²) < 4.78 is 37.1. The molecule has 1 atom stereocenters. The number of nitrogens with zero attached hydrogens (tertiary/aromatic N) is 3. The quantitative estimate of drug-likeness (QED) is 0.845. The first-order valence-electron chi connectivity index (χ1n) is 5.88. The standard InChI is InChI=1S/C10H16F3N5/c1-6(14)7-2-4-18(5-3-7)9-15-8(16-17-9)10(11,12)13/h6-7H,2-5,14H2,1H3,(H,15,16,17). The van der Waals surface area contributed by atoms with E-state index < -0.39 is 12.0 Å². The Balaban J connectivity index is 2.00. The van der Waals surface area contributed by atoms with Crippen LogP contribution >= 0.6 is 0 Å². The van der Waals surface area contributed by atoms with E-state index in [0.717, 1.165) is 12.8 Å². The lowest BCUT2D eigenvalue weighted by Gasteiger charge is -2.32. The van der Waals surface area contributed by atoms with Crippen molar-refractivity contribution in [2.75, 3.05) is 18.0 Å². The molecule has 1 aliphatic heterocycles. The van der Waals surface area contributed by atoms with Gasteiger partial charge in [0.1, 0.15) is 0 Å². The molecule has 1 aromatic heterocycles. The molecule has 2 rings (SSSR count). The highest BCUT2D eigenvalue weighted by molar-refractivity contribution is 5.29. The van der Waals surface area contributed by atoms with Crippen molar-refractivity contribution in [2.45, 2.75) is 32.0 Å². The number of nitrogens with one attached hydrogen (secondary N) is 1. The zero-order valence-corrected chi connectivity index (χ0v) is 10.0. The highest BCUT2D eigenvalue weighted by Gasteiger charge is 2.36. The second kappa shape index (κ2) is 4.75. The fourth-order valence-corrected chi connectivity index (χ4v) is 2.15. The summed E-state index contributed by atoms with van der Waals surface area (Å²) in [5.74, 6) is -0.514. The molecule has 0 amide bonds. The van der Waals surface area contributed by atoms with Gasteiger partial charge in [-0.15, -0.1) is 5.10 Å². The third kappa shape index (κ3) is 2.74. The number of alkyl halides is 3. The van der Waals surface area contributed by atoms with E-state index in [9.17, 15) is 13.2 Å². The number of hydrogen-bond acceptors (Lipinski definition) is 4. The molecule has 102 valence electrons. The van der Waals surface area contributed by atoms with Crippen LogP contribution in [0.1, 0.15) is 25.6 Å². The van der Waals surface area contributed by atoms with Crippen LogP contribution in [0, 0.1) is 5.92 Å². The summed E-state index contributed by atoms with van der Waals surface area (Å²) in [6, 6.07) is 0.116. The van der Waals surface area contributed by atoms with Gasteiger partial charge >= 0.3 is 6.18 Å². The maximum Gasteiger partial charge on any atom is 0.451 e. The van der Waals surface area contributed by atoms with Crippen LogP contribution in [0.15, 0.2) is 0 Å². The van der Waals surface area contributed by atoms with Crippen molar-refractivity contribution >= 4 is 5.95 Å². The highest BCUT2D eigenvalue weighted by Crippen LogP contribution is 2.28. The van der Waals surface area contributed by atoms with Crippen LogP contribution in [0.2, 0.25) is 0 Å². The molecule has 5 nitrogen and oxygen atoms in total. The smallest absolute Gasteiger partial charge is 0.340 e. The van der Waals surface area contributed by atoms with Crippen molar-refractivity contribution in [1.82, 2.24) is 15.2 Å². The van der Waals surface area contributed by atoms with E-state index in [0.29, 0.717) is 19.0 Å². The molecule has 0 saturated carbocycles. The number of halogens is 3. The number of anilines is 1. The first-order valence-corrected chi connectivity index (χ1v) is 5.88. The van der Waals surface area contributed by atoms with Gasteiger partial charge in [-0.25, -0.2) is 0 Å². The molecule has 1 aliphatic rings. The normalized spacial score (nSPS) is 20.2. The molecule has 2 heterocycles. The maximum absolute atomic E-state index is 12.4. The van der Waals surface area contributed by atoms with E-state index in [-0.39, 0.29) is 12.0 Å². The lowest BCUT2D eigenvalue weighted by Crippen LogP contribution is -2.40. The predicted molar refractivity (Wildman–Crippen MR) is 60.0 cm³/mol. The van der Waals surface area contributed by atoms with Crippen molar-refractivity contribution in [1.29, 1.82) is 0 Å². The number of aromatic amines is 1. The molecule has 3 N–H and O–H groups in total. The van der Waals surface area contributed by atoms with Crippen LogP contribution in [0.5, 0.6) is 0 Å². The molecular formula is C10H16F3N5. The summed E-state index contributed by atoms with van der Waals surface area (Å²) in [4.78, 5) is 5.23. The molecule has 0 bridgehead atoms. The molecule has 1 unspecified atom stereocenters. The minimum atomic E-state index is -4.48. The Bertz CT molecular complexity index is 392. The third-order valence-electron chi connectivity index (χ3n) is 3.31.